The van der Waals surface area contributed by atoms with E-state index in [4.69, 9.17) is 28.9 Å². The lowest BCUT2D eigenvalue weighted by Crippen LogP contribution is -1.93. The molecule has 106 valence electrons. The smallest absolute Gasteiger partial charge is 0.0729 e. The Morgan fingerprint density at radius 2 is 1.71 bits per heavy atom. The summed E-state index contributed by atoms with van der Waals surface area (Å²) < 4.78 is 0. The molecule has 0 aliphatic heterocycles. The van der Waals surface area contributed by atoms with E-state index in [1.807, 2.05) is 42.5 Å². The van der Waals surface area contributed by atoms with Gasteiger partial charge in [0.1, 0.15) is 0 Å². The first kappa shape index (κ1) is 14.5. The fourth-order valence-electron chi connectivity index (χ4n) is 2.05. The highest BCUT2D eigenvalue weighted by atomic mass is 35.5. The van der Waals surface area contributed by atoms with Crippen molar-refractivity contribution in [2.45, 2.75) is 10.6 Å². The second-order valence-electron chi connectivity index (χ2n) is 4.62. The molecule has 2 nitrogen and oxygen atoms in total. The van der Waals surface area contributed by atoms with Crippen LogP contribution >= 0.6 is 35.0 Å². The Hall–Kier alpha value is -1.42. The van der Waals surface area contributed by atoms with Gasteiger partial charge in [0.15, 0.2) is 0 Å². The third-order valence-corrected chi connectivity index (χ3v) is 4.81. The number of pyridine rings is 1. The summed E-state index contributed by atoms with van der Waals surface area (Å²) in [4.78, 5) is 5.36. The van der Waals surface area contributed by atoms with E-state index in [1.54, 1.807) is 18.0 Å². The van der Waals surface area contributed by atoms with Gasteiger partial charge in [0, 0.05) is 26.1 Å². The number of fused-ring (bicyclic) bond motifs is 1. The van der Waals surface area contributed by atoms with Crippen molar-refractivity contribution in [1.82, 2.24) is 4.98 Å². The molecular formula is C16H12Cl2N2S. The van der Waals surface area contributed by atoms with Gasteiger partial charge in [-0.05, 0) is 29.8 Å². The number of aromatic nitrogens is 1. The van der Waals surface area contributed by atoms with Crippen LogP contribution in [-0.2, 0) is 5.75 Å². The lowest BCUT2D eigenvalue weighted by Gasteiger charge is -2.09. The van der Waals surface area contributed by atoms with Gasteiger partial charge in [-0.1, -0.05) is 41.4 Å². The monoisotopic (exact) mass is 334 g/mol. The van der Waals surface area contributed by atoms with E-state index >= 15 is 0 Å². The first-order valence-corrected chi connectivity index (χ1v) is 8.08. The molecule has 2 N–H and O–H groups in total. The Labute approximate surface area is 137 Å². The summed E-state index contributed by atoms with van der Waals surface area (Å²) >= 11 is 13.6. The normalized spacial score (nSPS) is 11.0. The van der Waals surface area contributed by atoms with Crippen LogP contribution in [0.4, 0.5) is 5.69 Å². The zero-order valence-corrected chi connectivity index (χ0v) is 13.3. The minimum absolute atomic E-state index is 0.674. The largest absolute Gasteiger partial charge is 0.397 e. The van der Waals surface area contributed by atoms with Crippen LogP contribution in [-0.4, -0.2) is 4.98 Å². The molecule has 21 heavy (non-hydrogen) atoms. The number of nitrogens with two attached hydrogens (primary N) is 1. The van der Waals surface area contributed by atoms with Crippen molar-refractivity contribution >= 4 is 51.6 Å². The SMILES string of the molecule is Nc1cnc2cc(Cl)ccc2c1SCc1ccc(Cl)cc1. The molecule has 3 aromatic rings. The van der Waals surface area contributed by atoms with E-state index in [2.05, 4.69) is 4.98 Å². The number of benzene rings is 2. The van der Waals surface area contributed by atoms with Gasteiger partial charge in [-0.3, -0.25) is 4.98 Å². The molecule has 1 aromatic heterocycles. The summed E-state index contributed by atoms with van der Waals surface area (Å²) in [6, 6.07) is 13.5. The Bertz CT molecular complexity index is 788. The Morgan fingerprint density at radius 1 is 1.00 bits per heavy atom. The highest BCUT2D eigenvalue weighted by Crippen LogP contribution is 2.35. The number of anilines is 1. The van der Waals surface area contributed by atoms with Crippen LogP contribution in [0.25, 0.3) is 10.9 Å². The molecule has 0 bridgehead atoms. The standard InChI is InChI=1S/C16H12Cl2N2S/c17-11-3-1-10(2-4-11)9-21-16-13-6-5-12(18)7-15(13)20-8-14(16)19/h1-8H,9,19H2. The van der Waals surface area contributed by atoms with Crippen LogP contribution in [0.5, 0.6) is 0 Å². The van der Waals surface area contributed by atoms with E-state index in [0.29, 0.717) is 10.7 Å². The number of hydrogen-bond donors (Lipinski definition) is 1. The van der Waals surface area contributed by atoms with E-state index in [-0.39, 0.29) is 0 Å². The second-order valence-corrected chi connectivity index (χ2v) is 6.48. The molecular weight excluding hydrogens is 323 g/mol. The maximum Gasteiger partial charge on any atom is 0.0729 e. The average Bonchev–Trinajstić information content (AvgIpc) is 2.48. The van der Waals surface area contributed by atoms with E-state index in [1.165, 1.54) is 5.56 Å². The van der Waals surface area contributed by atoms with Crippen molar-refractivity contribution in [3.05, 3.63) is 64.3 Å². The van der Waals surface area contributed by atoms with Crippen molar-refractivity contribution in [2.24, 2.45) is 0 Å². The van der Waals surface area contributed by atoms with Gasteiger partial charge in [-0.2, -0.15) is 0 Å². The molecule has 5 heteroatoms. The summed E-state index contributed by atoms with van der Waals surface area (Å²) in [5, 5.41) is 2.44. The molecule has 0 saturated heterocycles. The van der Waals surface area contributed by atoms with Crippen molar-refractivity contribution in [3.63, 3.8) is 0 Å². The van der Waals surface area contributed by atoms with Gasteiger partial charge < -0.3 is 5.73 Å². The number of thioether (sulfide) groups is 1. The van der Waals surface area contributed by atoms with E-state index in [0.717, 1.165) is 26.6 Å². The van der Waals surface area contributed by atoms with Crippen molar-refractivity contribution < 1.29 is 0 Å². The van der Waals surface area contributed by atoms with Crippen LogP contribution in [0.2, 0.25) is 10.0 Å². The highest BCUT2D eigenvalue weighted by Gasteiger charge is 2.08. The summed E-state index contributed by atoms with van der Waals surface area (Å²) in [6.07, 6.45) is 1.68. The number of rotatable bonds is 3. The van der Waals surface area contributed by atoms with Crippen LogP contribution in [0.1, 0.15) is 5.56 Å². The molecule has 0 saturated carbocycles. The minimum atomic E-state index is 0.674. The first-order chi connectivity index (χ1) is 10.1. The summed E-state index contributed by atoms with van der Waals surface area (Å²) in [5.74, 6) is 0.823. The molecule has 0 amide bonds. The van der Waals surface area contributed by atoms with Gasteiger partial charge >= 0.3 is 0 Å². The quantitative estimate of drug-likeness (QED) is 0.650. The van der Waals surface area contributed by atoms with E-state index in [9.17, 15) is 0 Å². The van der Waals surface area contributed by atoms with Crippen molar-refractivity contribution in [1.29, 1.82) is 0 Å². The predicted molar refractivity (Wildman–Crippen MR) is 92.2 cm³/mol. The first-order valence-electron chi connectivity index (χ1n) is 6.34. The van der Waals surface area contributed by atoms with Crippen molar-refractivity contribution in [2.75, 3.05) is 5.73 Å². The third-order valence-electron chi connectivity index (χ3n) is 3.11. The lowest BCUT2D eigenvalue weighted by molar-refractivity contribution is 1.34. The molecule has 2 aromatic carbocycles. The number of nitrogen functional groups attached to an aromatic ring is 1. The minimum Gasteiger partial charge on any atom is -0.397 e. The maximum atomic E-state index is 6.08. The fraction of sp³-hybridized carbons (Fsp3) is 0.0625. The van der Waals surface area contributed by atoms with Gasteiger partial charge in [0.25, 0.3) is 0 Å². The molecule has 0 unspecified atom stereocenters. The number of halogens is 2. The van der Waals surface area contributed by atoms with Crippen LogP contribution in [0.3, 0.4) is 0 Å². The zero-order valence-electron chi connectivity index (χ0n) is 11.0. The number of nitrogens with zero attached hydrogens (tertiary/aromatic N) is 1. The number of hydrogen-bond acceptors (Lipinski definition) is 3. The fourth-order valence-corrected chi connectivity index (χ4v) is 3.40. The predicted octanol–water partition coefficient (Wildman–Crippen LogP) is 5.42. The average molecular weight is 335 g/mol. The summed E-state index contributed by atoms with van der Waals surface area (Å²) in [7, 11) is 0. The van der Waals surface area contributed by atoms with Crippen LogP contribution in [0.15, 0.2) is 53.6 Å². The van der Waals surface area contributed by atoms with Gasteiger partial charge in [0.05, 0.1) is 17.4 Å². The Morgan fingerprint density at radius 3 is 2.48 bits per heavy atom. The van der Waals surface area contributed by atoms with Gasteiger partial charge in [-0.15, -0.1) is 11.8 Å². The molecule has 3 rings (SSSR count). The Balaban J connectivity index is 1.92. The summed E-state index contributed by atoms with van der Waals surface area (Å²) in [6.45, 7) is 0. The van der Waals surface area contributed by atoms with Gasteiger partial charge in [0.2, 0.25) is 0 Å². The third kappa shape index (κ3) is 3.26. The zero-order chi connectivity index (χ0) is 14.8. The van der Waals surface area contributed by atoms with Crippen LogP contribution < -0.4 is 5.73 Å². The molecule has 0 aliphatic rings. The molecule has 0 radical (unpaired) electrons. The topological polar surface area (TPSA) is 38.9 Å². The summed E-state index contributed by atoms with van der Waals surface area (Å²) in [5.41, 5.74) is 8.81. The molecule has 1 heterocycles. The van der Waals surface area contributed by atoms with Gasteiger partial charge in [-0.25, -0.2) is 0 Å². The maximum absolute atomic E-state index is 6.08. The van der Waals surface area contributed by atoms with Crippen molar-refractivity contribution in [3.8, 4) is 0 Å². The molecule has 0 aliphatic carbocycles. The Kier molecular flexibility index (Phi) is 4.24. The van der Waals surface area contributed by atoms with Crippen LogP contribution in [0, 0.1) is 0 Å². The lowest BCUT2D eigenvalue weighted by atomic mass is 10.2. The molecule has 0 fully saturated rings. The highest BCUT2D eigenvalue weighted by molar-refractivity contribution is 7.99. The second kappa shape index (κ2) is 6.14. The van der Waals surface area contributed by atoms with E-state index < -0.39 is 0 Å². The molecule has 0 atom stereocenters. The molecule has 0 spiro atoms.